The first-order valence-electron chi connectivity index (χ1n) is 6.63. The molecule has 0 saturated heterocycles. The third-order valence-electron chi connectivity index (χ3n) is 2.90. The van der Waals surface area contributed by atoms with E-state index in [1.165, 1.54) is 4.31 Å². The van der Waals surface area contributed by atoms with Gasteiger partial charge in [0.15, 0.2) is 0 Å². The zero-order chi connectivity index (χ0) is 15.2. The molecule has 0 amide bonds. The minimum Gasteiger partial charge on any atom is -0.492 e. The second-order valence-corrected chi connectivity index (χ2v) is 7.44. The largest absolute Gasteiger partial charge is 0.492 e. The van der Waals surface area contributed by atoms with Crippen molar-refractivity contribution in [1.29, 1.82) is 0 Å². The van der Waals surface area contributed by atoms with E-state index in [1.807, 2.05) is 0 Å². The Bertz CT molecular complexity index is 500. The molecule has 0 aromatic heterocycles. The molecule has 0 spiro atoms. The fourth-order valence-corrected chi connectivity index (χ4v) is 2.87. The molecule has 0 heterocycles. The molecule has 0 fully saturated rings. The van der Waals surface area contributed by atoms with E-state index in [-0.39, 0.29) is 4.90 Å². The van der Waals surface area contributed by atoms with Crippen molar-refractivity contribution in [1.82, 2.24) is 4.31 Å². The molecule has 1 aromatic rings. The molecule has 0 radical (unpaired) electrons. The number of alkyl halides is 1. The Morgan fingerprint density at radius 2 is 1.85 bits per heavy atom. The molecule has 0 saturated carbocycles. The summed E-state index contributed by atoms with van der Waals surface area (Å²) in [4.78, 5) is 0.280. The van der Waals surface area contributed by atoms with E-state index in [0.717, 1.165) is 6.42 Å². The van der Waals surface area contributed by atoms with Gasteiger partial charge in [-0.15, -0.1) is 11.6 Å². The van der Waals surface area contributed by atoms with Crippen LogP contribution in [-0.2, 0) is 10.0 Å². The minimum atomic E-state index is -3.42. The Labute approximate surface area is 126 Å². The fourth-order valence-electron chi connectivity index (χ4n) is 1.60. The summed E-state index contributed by atoms with van der Waals surface area (Å²) in [6, 6.07) is 6.42. The molecule has 0 aliphatic heterocycles. The quantitative estimate of drug-likeness (QED) is 0.692. The zero-order valence-corrected chi connectivity index (χ0v) is 13.7. The predicted octanol–water partition coefficient (Wildman–Crippen LogP) is 2.97. The number of rotatable bonds is 8. The number of ether oxygens (including phenoxy) is 1. The van der Waals surface area contributed by atoms with Crippen LogP contribution in [0.1, 0.15) is 20.3 Å². The highest BCUT2D eigenvalue weighted by Crippen LogP contribution is 2.19. The lowest BCUT2D eigenvalue weighted by Crippen LogP contribution is -2.28. The third-order valence-corrected chi connectivity index (χ3v) is 4.92. The number of sulfonamides is 1. The number of nitrogens with zero attached hydrogens (tertiary/aromatic N) is 1. The van der Waals surface area contributed by atoms with Gasteiger partial charge in [-0.2, -0.15) is 0 Å². The molecular weight excluding hydrogens is 298 g/mol. The highest BCUT2D eigenvalue weighted by Gasteiger charge is 2.20. The number of benzene rings is 1. The Morgan fingerprint density at radius 1 is 1.25 bits per heavy atom. The van der Waals surface area contributed by atoms with Gasteiger partial charge in [0, 0.05) is 13.6 Å². The van der Waals surface area contributed by atoms with Gasteiger partial charge in [-0.1, -0.05) is 13.8 Å². The summed E-state index contributed by atoms with van der Waals surface area (Å²) < 4.78 is 31.4. The van der Waals surface area contributed by atoms with Crippen molar-refractivity contribution in [2.75, 3.05) is 26.1 Å². The Hall–Kier alpha value is -0.780. The van der Waals surface area contributed by atoms with E-state index < -0.39 is 10.0 Å². The van der Waals surface area contributed by atoms with Crippen LogP contribution in [0.3, 0.4) is 0 Å². The van der Waals surface area contributed by atoms with Gasteiger partial charge in [-0.3, -0.25) is 0 Å². The van der Waals surface area contributed by atoms with Gasteiger partial charge in [0.25, 0.3) is 0 Å². The molecule has 1 aromatic carbocycles. The van der Waals surface area contributed by atoms with Crippen LogP contribution in [0.15, 0.2) is 29.2 Å². The monoisotopic (exact) mass is 319 g/mol. The van der Waals surface area contributed by atoms with Crippen molar-refractivity contribution in [2.24, 2.45) is 5.92 Å². The van der Waals surface area contributed by atoms with Crippen LogP contribution < -0.4 is 4.74 Å². The molecule has 20 heavy (non-hydrogen) atoms. The second-order valence-electron chi connectivity index (χ2n) is 5.02. The summed E-state index contributed by atoms with van der Waals surface area (Å²) in [7, 11) is -1.81. The second kappa shape index (κ2) is 7.86. The Kier molecular flexibility index (Phi) is 6.79. The summed E-state index contributed by atoms with van der Waals surface area (Å²) in [5, 5.41) is 0. The first kappa shape index (κ1) is 17.3. The van der Waals surface area contributed by atoms with Crippen molar-refractivity contribution in [3.63, 3.8) is 0 Å². The van der Waals surface area contributed by atoms with Gasteiger partial charge in [0.2, 0.25) is 10.0 Å². The summed E-state index contributed by atoms with van der Waals surface area (Å²) in [6.45, 7) is 5.07. The summed E-state index contributed by atoms with van der Waals surface area (Å²) in [5.41, 5.74) is 0. The maximum atomic E-state index is 12.3. The maximum absolute atomic E-state index is 12.3. The number of hydrogen-bond acceptors (Lipinski definition) is 3. The van der Waals surface area contributed by atoms with Crippen LogP contribution in [0.25, 0.3) is 0 Å². The lowest BCUT2D eigenvalue weighted by molar-refractivity contribution is 0.342. The van der Waals surface area contributed by atoms with Crippen molar-refractivity contribution < 1.29 is 13.2 Å². The molecule has 4 nitrogen and oxygen atoms in total. The van der Waals surface area contributed by atoms with E-state index in [2.05, 4.69) is 13.8 Å². The molecule has 1 rings (SSSR count). The van der Waals surface area contributed by atoms with Gasteiger partial charge in [0.05, 0.1) is 10.8 Å². The molecule has 0 atom stereocenters. The van der Waals surface area contributed by atoms with Crippen molar-refractivity contribution in [2.45, 2.75) is 25.2 Å². The molecule has 0 unspecified atom stereocenters. The van der Waals surface area contributed by atoms with Crippen LogP contribution in [0, 0.1) is 5.92 Å². The molecule has 0 N–H and O–H groups in total. The first-order chi connectivity index (χ1) is 9.37. The van der Waals surface area contributed by atoms with Crippen molar-refractivity contribution in [3.8, 4) is 5.75 Å². The normalized spacial score (nSPS) is 12.1. The lowest BCUT2D eigenvalue weighted by Gasteiger charge is -2.18. The summed E-state index contributed by atoms with van der Waals surface area (Å²) >= 11 is 5.53. The minimum absolute atomic E-state index is 0.280. The Balaban J connectivity index is 2.76. The van der Waals surface area contributed by atoms with Crippen molar-refractivity contribution >= 4 is 21.6 Å². The van der Waals surface area contributed by atoms with Gasteiger partial charge < -0.3 is 4.74 Å². The predicted molar refractivity (Wildman–Crippen MR) is 81.9 cm³/mol. The smallest absolute Gasteiger partial charge is 0.242 e. The van der Waals surface area contributed by atoms with Gasteiger partial charge in [-0.25, -0.2) is 12.7 Å². The number of hydrogen-bond donors (Lipinski definition) is 0. The molecular formula is C14H22ClNO3S. The molecule has 6 heteroatoms. The van der Waals surface area contributed by atoms with Crippen LogP contribution in [0.4, 0.5) is 0 Å². The first-order valence-corrected chi connectivity index (χ1v) is 8.60. The number of halogens is 1. The van der Waals surface area contributed by atoms with E-state index >= 15 is 0 Å². The van der Waals surface area contributed by atoms with Gasteiger partial charge >= 0.3 is 0 Å². The molecule has 0 bridgehead atoms. The van der Waals surface area contributed by atoms with Gasteiger partial charge in [-0.05, 0) is 36.6 Å². The highest BCUT2D eigenvalue weighted by molar-refractivity contribution is 7.89. The maximum Gasteiger partial charge on any atom is 0.242 e. The van der Waals surface area contributed by atoms with E-state index in [1.54, 1.807) is 31.3 Å². The molecule has 0 aliphatic rings. The van der Waals surface area contributed by atoms with Crippen LogP contribution in [0.5, 0.6) is 5.75 Å². The zero-order valence-electron chi connectivity index (χ0n) is 12.2. The lowest BCUT2D eigenvalue weighted by atomic mass is 10.1. The molecule has 0 aliphatic carbocycles. The van der Waals surface area contributed by atoms with Crippen LogP contribution >= 0.6 is 11.6 Å². The third kappa shape index (κ3) is 4.96. The fraction of sp³-hybridized carbons (Fsp3) is 0.571. The summed E-state index contributed by atoms with van der Waals surface area (Å²) in [6.07, 6.45) is 0.840. The van der Waals surface area contributed by atoms with E-state index in [0.29, 0.717) is 30.7 Å². The average Bonchev–Trinajstić information content (AvgIpc) is 2.42. The SMILES string of the molecule is CC(C)CCN(C)S(=O)(=O)c1ccc(OCCCl)cc1. The molecule has 114 valence electrons. The average molecular weight is 320 g/mol. The van der Waals surface area contributed by atoms with Crippen LogP contribution in [-0.4, -0.2) is 38.8 Å². The van der Waals surface area contributed by atoms with Crippen LogP contribution in [0.2, 0.25) is 0 Å². The Morgan fingerprint density at radius 3 is 2.35 bits per heavy atom. The summed E-state index contributed by atoms with van der Waals surface area (Å²) in [5.74, 6) is 1.49. The van der Waals surface area contributed by atoms with E-state index in [4.69, 9.17) is 16.3 Å². The van der Waals surface area contributed by atoms with Gasteiger partial charge in [0.1, 0.15) is 12.4 Å². The standard InChI is InChI=1S/C14H22ClNO3S/c1-12(2)8-10-16(3)20(17,18)14-6-4-13(5-7-14)19-11-9-15/h4-7,12H,8-11H2,1-3H3. The van der Waals surface area contributed by atoms with Crippen molar-refractivity contribution in [3.05, 3.63) is 24.3 Å². The highest BCUT2D eigenvalue weighted by atomic mass is 35.5. The topological polar surface area (TPSA) is 46.6 Å². The van der Waals surface area contributed by atoms with E-state index in [9.17, 15) is 8.42 Å².